The average molecular weight is 372 g/mol. The summed E-state index contributed by atoms with van der Waals surface area (Å²) >= 11 is 0. The molecule has 1 aliphatic rings. The maximum Gasteiger partial charge on any atom is 0.194 e. The summed E-state index contributed by atoms with van der Waals surface area (Å²) in [7, 11) is 1.62. The van der Waals surface area contributed by atoms with Gasteiger partial charge in [-0.15, -0.1) is 0 Å². The Balaban J connectivity index is 1.98. The number of rotatable bonds is 3. The average Bonchev–Trinajstić information content (AvgIpc) is 2.71. The van der Waals surface area contributed by atoms with Gasteiger partial charge in [0.1, 0.15) is 17.2 Å². The molecule has 0 saturated heterocycles. The zero-order valence-electron chi connectivity index (χ0n) is 15.7. The number of hydrogen-bond donors (Lipinski definition) is 2. The molecule has 2 N–H and O–H groups in total. The van der Waals surface area contributed by atoms with Crippen LogP contribution in [0.2, 0.25) is 0 Å². The SMILES string of the molecule is CCC(c1ccc(OC)cc1)=c1cc(O)c2c(c1)C(=O)c1cccc(O)c1C=2. The number of carbonyl (C=O) groups is 1. The first-order chi connectivity index (χ1) is 13.5. The molecule has 0 atom stereocenters. The fraction of sp³-hybridized carbons (Fsp3) is 0.125. The number of phenols is 2. The van der Waals surface area contributed by atoms with Crippen LogP contribution in [0.4, 0.5) is 0 Å². The van der Waals surface area contributed by atoms with E-state index in [9.17, 15) is 15.0 Å². The van der Waals surface area contributed by atoms with Crippen LogP contribution in [0.15, 0.2) is 54.6 Å². The summed E-state index contributed by atoms with van der Waals surface area (Å²) in [5.41, 5.74) is 3.35. The Labute approximate surface area is 162 Å². The summed E-state index contributed by atoms with van der Waals surface area (Å²) in [6.07, 6.45) is 2.40. The second kappa shape index (κ2) is 6.89. The van der Waals surface area contributed by atoms with Crippen LogP contribution in [0, 0.1) is 0 Å². The van der Waals surface area contributed by atoms with Crippen molar-refractivity contribution in [1.82, 2.24) is 0 Å². The van der Waals surface area contributed by atoms with E-state index in [0.29, 0.717) is 21.9 Å². The number of fused-ring (bicyclic) bond motifs is 2. The van der Waals surface area contributed by atoms with Gasteiger partial charge in [0.2, 0.25) is 0 Å². The number of methoxy groups -OCH3 is 1. The first kappa shape index (κ1) is 17.9. The Morgan fingerprint density at radius 3 is 2.39 bits per heavy atom. The van der Waals surface area contributed by atoms with Gasteiger partial charge in [-0.25, -0.2) is 0 Å². The minimum absolute atomic E-state index is 0.0224. The van der Waals surface area contributed by atoms with E-state index in [4.69, 9.17) is 4.74 Å². The maximum absolute atomic E-state index is 13.0. The van der Waals surface area contributed by atoms with Crippen LogP contribution >= 0.6 is 0 Å². The smallest absolute Gasteiger partial charge is 0.194 e. The molecule has 1 aliphatic carbocycles. The van der Waals surface area contributed by atoms with Gasteiger partial charge in [-0.3, -0.25) is 4.79 Å². The number of ether oxygens (including phenoxy) is 1. The van der Waals surface area contributed by atoms with Crippen LogP contribution in [0.3, 0.4) is 0 Å². The van der Waals surface area contributed by atoms with Gasteiger partial charge in [0.15, 0.2) is 5.78 Å². The van der Waals surface area contributed by atoms with Crippen LogP contribution in [0.25, 0.3) is 11.6 Å². The topological polar surface area (TPSA) is 66.8 Å². The number of benzene rings is 3. The van der Waals surface area contributed by atoms with Crippen molar-refractivity contribution in [3.05, 3.63) is 87.3 Å². The molecule has 0 fully saturated rings. The third-order valence-electron chi connectivity index (χ3n) is 5.16. The lowest BCUT2D eigenvalue weighted by Gasteiger charge is -2.15. The Hall–Kier alpha value is -3.53. The molecule has 4 nitrogen and oxygen atoms in total. The van der Waals surface area contributed by atoms with Gasteiger partial charge >= 0.3 is 0 Å². The third-order valence-corrected chi connectivity index (χ3v) is 5.16. The van der Waals surface area contributed by atoms with Gasteiger partial charge < -0.3 is 14.9 Å². The van der Waals surface area contributed by atoms with Crippen molar-refractivity contribution in [3.8, 4) is 17.2 Å². The van der Waals surface area contributed by atoms with Crippen LogP contribution in [-0.2, 0) is 0 Å². The molecular weight excluding hydrogens is 352 g/mol. The minimum atomic E-state index is -0.203. The maximum atomic E-state index is 13.0. The van der Waals surface area contributed by atoms with Crippen molar-refractivity contribution >= 4 is 17.4 Å². The van der Waals surface area contributed by atoms with Crippen LogP contribution in [-0.4, -0.2) is 23.1 Å². The Kier molecular flexibility index (Phi) is 4.40. The van der Waals surface area contributed by atoms with Crippen molar-refractivity contribution in [2.75, 3.05) is 7.11 Å². The van der Waals surface area contributed by atoms with E-state index >= 15 is 0 Å². The molecule has 4 rings (SSSR count). The van der Waals surface area contributed by atoms with Crippen molar-refractivity contribution in [2.45, 2.75) is 13.3 Å². The van der Waals surface area contributed by atoms with Gasteiger partial charge in [-0.05, 0) is 59.2 Å². The standard InChI is InChI=1S/C24H20O4/c1-3-17(14-7-9-16(28-2)10-8-14)15-11-21-20(23(26)12-15)13-19-18(24(21)27)5-4-6-22(19)25/h4-13,25-26H,3H2,1-2H3. The quantitative estimate of drug-likeness (QED) is 0.580. The Morgan fingerprint density at radius 1 is 0.964 bits per heavy atom. The molecule has 0 radical (unpaired) electrons. The summed E-state index contributed by atoms with van der Waals surface area (Å²) in [6, 6.07) is 16.1. The third kappa shape index (κ3) is 2.83. The van der Waals surface area contributed by atoms with E-state index in [2.05, 4.69) is 0 Å². The van der Waals surface area contributed by atoms with E-state index < -0.39 is 0 Å². The fourth-order valence-corrected chi connectivity index (χ4v) is 3.71. The summed E-state index contributed by atoms with van der Waals surface area (Å²) in [6.45, 7) is 2.04. The molecule has 0 bridgehead atoms. The second-order valence-corrected chi connectivity index (χ2v) is 6.73. The molecule has 0 aromatic heterocycles. The van der Waals surface area contributed by atoms with Gasteiger partial charge in [0, 0.05) is 21.9 Å². The fourth-order valence-electron chi connectivity index (χ4n) is 3.71. The van der Waals surface area contributed by atoms with Crippen molar-refractivity contribution in [2.24, 2.45) is 0 Å². The zero-order chi connectivity index (χ0) is 19.8. The first-order valence-corrected chi connectivity index (χ1v) is 9.12. The molecule has 0 heterocycles. The minimum Gasteiger partial charge on any atom is -0.507 e. The van der Waals surface area contributed by atoms with Crippen LogP contribution in [0.1, 0.15) is 40.4 Å². The molecular formula is C24H20O4. The highest BCUT2D eigenvalue weighted by atomic mass is 16.5. The second-order valence-electron chi connectivity index (χ2n) is 6.73. The molecule has 0 unspecified atom stereocenters. The molecule has 0 aliphatic heterocycles. The number of phenolic OH excluding ortho intramolecular Hbond substituents is 2. The lowest BCUT2D eigenvalue weighted by Crippen LogP contribution is -2.26. The number of ketones is 1. The van der Waals surface area contributed by atoms with E-state index in [1.54, 1.807) is 31.4 Å². The molecule has 0 saturated carbocycles. The van der Waals surface area contributed by atoms with E-state index in [0.717, 1.165) is 28.5 Å². The van der Waals surface area contributed by atoms with E-state index in [1.807, 2.05) is 37.3 Å². The summed E-state index contributed by atoms with van der Waals surface area (Å²) in [5.74, 6) is 0.618. The normalized spacial score (nSPS) is 13.3. The van der Waals surface area contributed by atoms with Gasteiger partial charge in [0.05, 0.1) is 7.11 Å². The molecule has 3 aromatic carbocycles. The largest absolute Gasteiger partial charge is 0.507 e. The number of carbonyl (C=O) groups excluding carboxylic acids is 1. The predicted molar refractivity (Wildman–Crippen MR) is 108 cm³/mol. The molecule has 3 aromatic rings. The highest BCUT2D eigenvalue weighted by molar-refractivity contribution is 6.14. The highest BCUT2D eigenvalue weighted by Gasteiger charge is 2.22. The molecule has 28 heavy (non-hydrogen) atoms. The Morgan fingerprint density at radius 2 is 1.71 bits per heavy atom. The summed E-state index contributed by atoms with van der Waals surface area (Å²) < 4.78 is 5.22. The Bertz CT molecular complexity index is 1200. The van der Waals surface area contributed by atoms with Gasteiger partial charge in [-0.2, -0.15) is 0 Å². The van der Waals surface area contributed by atoms with E-state index in [1.165, 1.54) is 6.07 Å². The van der Waals surface area contributed by atoms with Crippen molar-refractivity contribution < 1.29 is 19.7 Å². The first-order valence-electron chi connectivity index (χ1n) is 9.12. The zero-order valence-corrected chi connectivity index (χ0v) is 15.7. The van der Waals surface area contributed by atoms with Crippen molar-refractivity contribution in [1.29, 1.82) is 0 Å². The van der Waals surface area contributed by atoms with Crippen molar-refractivity contribution in [3.63, 3.8) is 0 Å². The molecule has 0 amide bonds. The number of aromatic hydroxyl groups is 2. The monoisotopic (exact) mass is 372 g/mol. The van der Waals surface area contributed by atoms with Crippen LogP contribution in [0.5, 0.6) is 17.2 Å². The molecule has 140 valence electrons. The van der Waals surface area contributed by atoms with Crippen LogP contribution < -0.4 is 15.2 Å². The van der Waals surface area contributed by atoms with Gasteiger partial charge in [-0.1, -0.05) is 31.2 Å². The molecule has 4 heteroatoms. The summed E-state index contributed by atoms with van der Waals surface area (Å²) in [5, 5.41) is 22.0. The van der Waals surface area contributed by atoms with Gasteiger partial charge in [0.25, 0.3) is 0 Å². The highest BCUT2D eigenvalue weighted by Crippen LogP contribution is 2.27. The predicted octanol–water partition coefficient (Wildman–Crippen LogP) is 3.09. The lowest BCUT2D eigenvalue weighted by atomic mass is 9.89. The molecule has 0 spiro atoms. The summed E-state index contributed by atoms with van der Waals surface area (Å²) in [4.78, 5) is 13.0. The number of hydrogen-bond acceptors (Lipinski definition) is 4. The van der Waals surface area contributed by atoms with E-state index in [-0.39, 0.29) is 17.3 Å². The lowest BCUT2D eigenvalue weighted by molar-refractivity contribution is 0.103.